The number of nitrogens with zero attached hydrogens (tertiary/aromatic N) is 3. The van der Waals surface area contributed by atoms with E-state index in [2.05, 4.69) is 37.9 Å². The topological polar surface area (TPSA) is 72.0 Å². The lowest BCUT2D eigenvalue weighted by molar-refractivity contribution is 0.414. The Labute approximate surface area is 157 Å². The van der Waals surface area contributed by atoms with Crippen molar-refractivity contribution in [2.24, 2.45) is 0 Å². The first-order valence-electron chi connectivity index (χ1n) is 8.28. The van der Waals surface area contributed by atoms with Crippen molar-refractivity contribution in [3.63, 3.8) is 0 Å². The van der Waals surface area contributed by atoms with E-state index >= 15 is 0 Å². The van der Waals surface area contributed by atoms with Gasteiger partial charge in [-0.15, -0.1) is 5.10 Å². The van der Waals surface area contributed by atoms with E-state index in [0.29, 0.717) is 23.3 Å². The first-order chi connectivity index (χ1) is 12.7. The minimum atomic E-state index is 0.458. The minimum absolute atomic E-state index is 0.458. The van der Waals surface area contributed by atoms with Gasteiger partial charge in [0.25, 0.3) is 0 Å². The van der Waals surface area contributed by atoms with Crippen LogP contribution in [0.1, 0.15) is 11.1 Å². The molecule has 0 fully saturated rings. The van der Waals surface area contributed by atoms with Crippen molar-refractivity contribution in [3.8, 4) is 5.75 Å². The fourth-order valence-corrected chi connectivity index (χ4v) is 2.61. The second-order valence-corrected chi connectivity index (χ2v) is 6.04. The van der Waals surface area contributed by atoms with Crippen molar-refractivity contribution >= 4 is 23.4 Å². The number of nitrogens with one attached hydrogen (secondary N) is 2. The van der Waals surface area contributed by atoms with Crippen LogP contribution >= 0.6 is 11.6 Å². The summed E-state index contributed by atoms with van der Waals surface area (Å²) in [4.78, 5) is 4.42. The van der Waals surface area contributed by atoms with Gasteiger partial charge >= 0.3 is 0 Å². The molecule has 1 heterocycles. The standard InChI is InChI=1S/C19H20ClN5O/c1-26-16-8-6-14(7-9-16)10-11-21-18-13-23-25-19(24-18)22-12-15-4-2-3-5-17(15)20/h2-9,13H,10-12H2,1H3,(H2,21,22,24,25). The summed E-state index contributed by atoms with van der Waals surface area (Å²) in [6, 6.07) is 15.7. The summed E-state index contributed by atoms with van der Waals surface area (Å²) in [6.07, 6.45) is 2.48. The Morgan fingerprint density at radius 1 is 1.04 bits per heavy atom. The number of ether oxygens (including phenoxy) is 1. The Morgan fingerprint density at radius 3 is 2.62 bits per heavy atom. The predicted molar refractivity (Wildman–Crippen MR) is 104 cm³/mol. The molecule has 134 valence electrons. The molecule has 2 aromatic carbocycles. The molecule has 0 atom stereocenters. The molecule has 0 aliphatic rings. The third kappa shape index (κ3) is 5.07. The number of anilines is 2. The highest BCUT2D eigenvalue weighted by molar-refractivity contribution is 6.31. The maximum Gasteiger partial charge on any atom is 0.244 e. The van der Waals surface area contributed by atoms with Gasteiger partial charge < -0.3 is 15.4 Å². The van der Waals surface area contributed by atoms with Crippen LogP contribution in [0.25, 0.3) is 0 Å². The van der Waals surface area contributed by atoms with Crippen molar-refractivity contribution in [2.75, 3.05) is 24.3 Å². The molecule has 0 radical (unpaired) electrons. The first kappa shape index (κ1) is 17.9. The van der Waals surface area contributed by atoms with Crippen LogP contribution in [0.5, 0.6) is 5.75 Å². The molecule has 0 aliphatic heterocycles. The fraction of sp³-hybridized carbons (Fsp3) is 0.211. The van der Waals surface area contributed by atoms with E-state index in [1.54, 1.807) is 13.3 Å². The molecule has 0 bridgehead atoms. The number of halogens is 1. The van der Waals surface area contributed by atoms with Crippen LogP contribution in [0.4, 0.5) is 11.8 Å². The normalized spacial score (nSPS) is 10.4. The third-order valence-corrected chi connectivity index (χ3v) is 4.20. The Morgan fingerprint density at radius 2 is 1.85 bits per heavy atom. The molecule has 0 saturated carbocycles. The van der Waals surface area contributed by atoms with E-state index in [0.717, 1.165) is 24.3 Å². The molecule has 26 heavy (non-hydrogen) atoms. The van der Waals surface area contributed by atoms with Gasteiger partial charge in [0.2, 0.25) is 5.95 Å². The van der Waals surface area contributed by atoms with Gasteiger partial charge in [-0.1, -0.05) is 41.9 Å². The molecular formula is C19H20ClN5O. The van der Waals surface area contributed by atoms with Gasteiger partial charge in [-0.05, 0) is 35.7 Å². The molecule has 2 N–H and O–H groups in total. The maximum atomic E-state index is 6.15. The van der Waals surface area contributed by atoms with Crippen LogP contribution in [0.3, 0.4) is 0 Å². The van der Waals surface area contributed by atoms with E-state index < -0.39 is 0 Å². The Hall–Kier alpha value is -2.86. The Balaban J connectivity index is 1.51. The van der Waals surface area contributed by atoms with Crippen molar-refractivity contribution in [2.45, 2.75) is 13.0 Å². The highest BCUT2D eigenvalue weighted by Gasteiger charge is 2.03. The highest BCUT2D eigenvalue weighted by Crippen LogP contribution is 2.16. The van der Waals surface area contributed by atoms with E-state index in [4.69, 9.17) is 16.3 Å². The van der Waals surface area contributed by atoms with Gasteiger partial charge in [0.1, 0.15) is 5.75 Å². The first-order valence-corrected chi connectivity index (χ1v) is 8.66. The van der Waals surface area contributed by atoms with Crippen LogP contribution < -0.4 is 15.4 Å². The third-order valence-electron chi connectivity index (χ3n) is 3.83. The zero-order valence-corrected chi connectivity index (χ0v) is 15.2. The van der Waals surface area contributed by atoms with Crippen molar-refractivity contribution in [1.29, 1.82) is 0 Å². The average Bonchev–Trinajstić information content (AvgIpc) is 2.68. The second kappa shape index (κ2) is 9.01. The van der Waals surface area contributed by atoms with Crippen LogP contribution in [-0.2, 0) is 13.0 Å². The van der Waals surface area contributed by atoms with Gasteiger partial charge in [-0.25, -0.2) is 0 Å². The van der Waals surface area contributed by atoms with Gasteiger partial charge in [-0.2, -0.15) is 10.1 Å². The molecule has 0 unspecified atom stereocenters. The smallest absolute Gasteiger partial charge is 0.244 e. The van der Waals surface area contributed by atoms with Crippen molar-refractivity contribution < 1.29 is 4.74 Å². The maximum absolute atomic E-state index is 6.15. The van der Waals surface area contributed by atoms with Crippen LogP contribution in [0.15, 0.2) is 54.7 Å². The lowest BCUT2D eigenvalue weighted by atomic mass is 10.1. The fourth-order valence-electron chi connectivity index (χ4n) is 2.41. The lowest BCUT2D eigenvalue weighted by Crippen LogP contribution is -2.10. The molecular weight excluding hydrogens is 350 g/mol. The van der Waals surface area contributed by atoms with Gasteiger partial charge in [0, 0.05) is 18.1 Å². The summed E-state index contributed by atoms with van der Waals surface area (Å²) in [5.41, 5.74) is 2.20. The SMILES string of the molecule is COc1ccc(CCNc2cnnc(NCc3ccccc3Cl)n2)cc1. The summed E-state index contributed by atoms with van der Waals surface area (Å²) in [7, 11) is 1.66. The van der Waals surface area contributed by atoms with Gasteiger partial charge in [-0.3, -0.25) is 0 Å². The Bertz CT molecular complexity index is 841. The molecule has 0 saturated heterocycles. The van der Waals surface area contributed by atoms with E-state index in [1.165, 1.54) is 5.56 Å². The quantitative estimate of drug-likeness (QED) is 0.629. The molecule has 0 aliphatic carbocycles. The Kier molecular flexibility index (Phi) is 6.22. The molecule has 1 aromatic heterocycles. The lowest BCUT2D eigenvalue weighted by Gasteiger charge is -2.09. The van der Waals surface area contributed by atoms with Crippen LogP contribution in [0.2, 0.25) is 5.02 Å². The molecule has 6 nitrogen and oxygen atoms in total. The highest BCUT2D eigenvalue weighted by atomic mass is 35.5. The number of methoxy groups -OCH3 is 1. The summed E-state index contributed by atoms with van der Waals surface area (Å²) in [5.74, 6) is 1.99. The molecule has 0 amide bonds. The van der Waals surface area contributed by atoms with E-state index in [9.17, 15) is 0 Å². The molecule has 7 heteroatoms. The summed E-state index contributed by atoms with van der Waals surface area (Å²) in [5, 5.41) is 15.1. The summed E-state index contributed by atoms with van der Waals surface area (Å²) in [6.45, 7) is 1.28. The number of rotatable bonds is 8. The number of hydrogen-bond donors (Lipinski definition) is 2. The zero-order valence-electron chi connectivity index (χ0n) is 14.4. The summed E-state index contributed by atoms with van der Waals surface area (Å²) < 4.78 is 5.16. The van der Waals surface area contributed by atoms with E-state index in [-0.39, 0.29) is 0 Å². The van der Waals surface area contributed by atoms with Crippen molar-refractivity contribution in [1.82, 2.24) is 15.2 Å². The molecule has 0 spiro atoms. The molecule has 3 rings (SSSR count). The average molecular weight is 370 g/mol. The number of benzene rings is 2. The summed E-state index contributed by atoms with van der Waals surface area (Å²) >= 11 is 6.15. The van der Waals surface area contributed by atoms with Crippen molar-refractivity contribution in [3.05, 3.63) is 70.9 Å². The minimum Gasteiger partial charge on any atom is -0.497 e. The second-order valence-electron chi connectivity index (χ2n) is 5.64. The van der Waals surface area contributed by atoms with Gasteiger partial charge in [0.05, 0.1) is 13.3 Å². The largest absolute Gasteiger partial charge is 0.497 e. The number of aromatic nitrogens is 3. The monoisotopic (exact) mass is 369 g/mol. The zero-order chi connectivity index (χ0) is 18.2. The predicted octanol–water partition coefficient (Wildman–Crippen LogP) is 3.80. The van der Waals surface area contributed by atoms with E-state index in [1.807, 2.05) is 36.4 Å². The number of hydrogen-bond acceptors (Lipinski definition) is 6. The molecule has 3 aromatic rings. The van der Waals surface area contributed by atoms with Crippen LogP contribution in [-0.4, -0.2) is 28.8 Å². The van der Waals surface area contributed by atoms with Gasteiger partial charge in [0.15, 0.2) is 5.82 Å². The van der Waals surface area contributed by atoms with Crippen LogP contribution in [0, 0.1) is 0 Å².